The van der Waals surface area contributed by atoms with Crippen LogP contribution in [0.15, 0.2) is 67.3 Å². The van der Waals surface area contributed by atoms with Crippen molar-refractivity contribution in [3.63, 3.8) is 0 Å². The number of Topliss-reactive ketones (excluding diaryl/α,β-unsaturated/α-hetero) is 1. The molecule has 7 heteroatoms. The number of imidazole rings is 1. The first-order valence-electron chi connectivity index (χ1n) is 9.21. The van der Waals surface area contributed by atoms with E-state index in [0.717, 1.165) is 0 Å². The maximum atomic E-state index is 13.2. The van der Waals surface area contributed by atoms with Crippen molar-refractivity contribution in [2.75, 3.05) is 6.61 Å². The zero-order valence-electron chi connectivity index (χ0n) is 16.7. The van der Waals surface area contributed by atoms with Gasteiger partial charge in [0.2, 0.25) is 12.0 Å². The largest absolute Gasteiger partial charge is 0.464 e. The molecule has 0 aliphatic rings. The number of carbonyl (C=O) groups is 2. The van der Waals surface area contributed by atoms with Crippen LogP contribution in [-0.4, -0.2) is 27.9 Å². The van der Waals surface area contributed by atoms with E-state index in [1.165, 1.54) is 6.33 Å². The van der Waals surface area contributed by atoms with Gasteiger partial charge in [0.25, 0.3) is 0 Å². The molecule has 0 amide bonds. The number of halogens is 1. The Morgan fingerprint density at radius 3 is 2.59 bits per heavy atom. The number of ketones is 1. The van der Waals surface area contributed by atoms with Gasteiger partial charge in [-0.1, -0.05) is 35.9 Å². The summed E-state index contributed by atoms with van der Waals surface area (Å²) < 4.78 is 12.8. The molecular weight excluding hydrogens is 392 g/mol. The zero-order chi connectivity index (χ0) is 21.3. The number of esters is 1. The smallest absolute Gasteiger partial charge is 0.309 e. The average Bonchev–Trinajstić information content (AvgIpc) is 3.23. The van der Waals surface area contributed by atoms with Crippen LogP contribution in [-0.2, 0) is 14.3 Å². The van der Waals surface area contributed by atoms with E-state index in [0.29, 0.717) is 10.8 Å². The number of hydrogen-bond donors (Lipinski definition) is 0. The van der Waals surface area contributed by atoms with Gasteiger partial charge in [-0.2, -0.15) is 0 Å². The molecule has 0 saturated heterocycles. The van der Waals surface area contributed by atoms with Crippen LogP contribution >= 0.6 is 11.6 Å². The first-order chi connectivity index (χ1) is 13.8. The van der Waals surface area contributed by atoms with Crippen molar-refractivity contribution in [1.29, 1.82) is 0 Å². The van der Waals surface area contributed by atoms with Crippen LogP contribution in [0.3, 0.4) is 0 Å². The van der Waals surface area contributed by atoms with Crippen molar-refractivity contribution < 1.29 is 19.1 Å². The first kappa shape index (κ1) is 22.4. The fourth-order valence-corrected chi connectivity index (χ4v) is 2.51. The monoisotopic (exact) mass is 416 g/mol. The van der Waals surface area contributed by atoms with Crippen LogP contribution in [0.2, 0.25) is 5.02 Å². The van der Waals surface area contributed by atoms with Gasteiger partial charge >= 0.3 is 5.97 Å². The number of aromatic nitrogens is 2. The lowest BCUT2D eigenvalue weighted by atomic mass is 9.88. The van der Waals surface area contributed by atoms with Gasteiger partial charge < -0.3 is 9.47 Å². The summed E-state index contributed by atoms with van der Waals surface area (Å²) in [6, 6.07) is 6.73. The van der Waals surface area contributed by atoms with Gasteiger partial charge in [-0.15, -0.1) is 0 Å². The van der Waals surface area contributed by atoms with E-state index < -0.39 is 17.6 Å². The number of benzene rings is 1. The van der Waals surface area contributed by atoms with Gasteiger partial charge in [-0.25, -0.2) is 4.98 Å². The third kappa shape index (κ3) is 6.91. The Morgan fingerprint density at radius 1 is 1.24 bits per heavy atom. The molecule has 2 rings (SSSR count). The maximum absolute atomic E-state index is 13.2. The summed E-state index contributed by atoms with van der Waals surface area (Å²) in [7, 11) is 0. The van der Waals surface area contributed by atoms with E-state index in [2.05, 4.69) is 4.98 Å². The second-order valence-corrected chi connectivity index (χ2v) is 7.44. The zero-order valence-corrected chi connectivity index (χ0v) is 17.5. The van der Waals surface area contributed by atoms with Gasteiger partial charge in [0.05, 0.1) is 18.2 Å². The lowest BCUT2D eigenvalue weighted by molar-refractivity contribution is -0.151. The first-order valence-corrected chi connectivity index (χ1v) is 9.58. The molecule has 0 saturated carbocycles. The summed E-state index contributed by atoms with van der Waals surface area (Å²) in [5.41, 5.74) is -0.968. The normalized spacial score (nSPS) is 13.0. The van der Waals surface area contributed by atoms with Crippen LogP contribution in [0, 0.1) is 5.41 Å². The molecule has 1 aromatic carbocycles. The van der Waals surface area contributed by atoms with Gasteiger partial charge in [0.15, 0.2) is 0 Å². The van der Waals surface area contributed by atoms with Crippen molar-refractivity contribution in [3.05, 3.63) is 72.3 Å². The van der Waals surface area contributed by atoms with Crippen molar-refractivity contribution in [2.45, 2.75) is 33.4 Å². The van der Waals surface area contributed by atoms with Crippen molar-refractivity contribution in [2.24, 2.45) is 5.41 Å². The van der Waals surface area contributed by atoms with Gasteiger partial charge in [0, 0.05) is 17.4 Å². The van der Waals surface area contributed by atoms with Gasteiger partial charge in [-0.3, -0.25) is 14.2 Å². The van der Waals surface area contributed by atoms with Crippen LogP contribution in [0.4, 0.5) is 0 Å². The van der Waals surface area contributed by atoms with E-state index in [-0.39, 0.29) is 18.8 Å². The summed E-state index contributed by atoms with van der Waals surface area (Å²) in [5.74, 6) is -0.157. The summed E-state index contributed by atoms with van der Waals surface area (Å²) in [6.07, 6.45) is 11.1. The quantitative estimate of drug-likeness (QED) is 0.412. The third-order valence-corrected chi connectivity index (χ3v) is 4.32. The average molecular weight is 417 g/mol. The molecule has 154 valence electrons. The Morgan fingerprint density at radius 2 is 1.97 bits per heavy atom. The van der Waals surface area contributed by atoms with Crippen LogP contribution < -0.4 is 4.74 Å². The van der Waals surface area contributed by atoms with E-state index >= 15 is 0 Å². The Balaban J connectivity index is 2.08. The second kappa shape index (κ2) is 10.6. The molecule has 1 atom stereocenters. The standard InChI is InChI=1S/C22H25ClN2O4/c1-4-5-6-7-8-19(26)28-15-22(2,3)20(27)21(25-14-13-24-16-25)29-18-11-9-17(23)10-12-18/h4-7,9-14,16,21H,8,15H2,1-3H3. The molecule has 0 fully saturated rings. The number of allylic oxidation sites excluding steroid dienone is 3. The number of hydrogen-bond acceptors (Lipinski definition) is 5. The fraction of sp³-hybridized carbons (Fsp3) is 0.318. The lowest BCUT2D eigenvalue weighted by Crippen LogP contribution is -2.39. The predicted molar refractivity (Wildman–Crippen MR) is 112 cm³/mol. The van der Waals surface area contributed by atoms with Crippen molar-refractivity contribution >= 4 is 23.4 Å². The third-order valence-electron chi connectivity index (χ3n) is 4.07. The molecule has 0 N–H and O–H groups in total. The minimum absolute atomic E-state index is 0.0582. The summed E-state index contributed by atoms with van der Waals surface area (Å²) >= 11 is 5.91. The molecule has 6 nitrogen and oxygen atoms in total. The molecule has 1 heterocycles. The highest BCUT2D eigenvalue weighted by molar-refractivity contribution is 6.30. The fourth-order valence-electron chi connectivity index (χ4n) is 2.38. The molecule has 0 aliphatic carbocycles. The minimum Gasteiger partial charge on any atom is -0.464 e. The Hall–Kier alpha value is -2.86. The SMILES string of the molecule is CC=CC=CCC(=O)OCC(C)(C)C(=O)C(Oc1ccc(Cl)cc1)n1ccnc1. The molecule has 0 aliphatic heterocycles. The van der Waals surface area contributed by atoms with Crippen LogP contribution in [0.5, 0.6) is 5.75 Å². The van der Waals surface area contributed by atoms with Gasteiger partial charge in [-0.05, 0) is 45.0 Å². The maximum Gasteiger partial charge on any atom is 0.309 e. The summed E-state index contributed by atoms with van der Waals surface area (Å²) in [6.45, 7) is 5.26. The number of rotatable bonds is 10. The lowest BCUT2D eigenvalue weighted by Gasteiger charge is -2.28. The van der Waals surface area contributed by atoms with Crippen molar-refractivity contribution in [1.82, 2.24) is 9.55 Å². The van der Waals surface area contributed by atoms with E-state index in [9.17, 15) is 9.59 Å². The molecule has 0 radical (unpaired) electrons. The molecule has 0 spiro atoms. The number of ether oxygens (including phenoxy) is 2. The van der Waals surface area contributed by atoms with Crippen molar-refractivity contribution in [3.8, 4) is 5.75 Å². The van der Waals surface area contributed by atoms with E-state index in [1.807, 2.05) is 19.1 Å². The van der Waals surface area contributed by atoms with Gasteiger partial charge in [0.1, 0.15) is 12.4 Å². The molecule has 1 unspecified atom stereocenters. The Bertz CT molecular complexity index is 855. The molecule has 2 aromatic rings. The number of nitrogens with zero attached hydrogens (tertiary/aromatic N) is 2. The highest BCUT2D eigenvalue weighted by atomic mass is 35.5. The highest BCUT2D eigenvalue weighted by Gasteiger charge is 2.37. The molecule has 1 aromatic heterocycles. The molecular formula is C22H25ClN2O4. The minimum atomic E-state index is -0.968. The summed E-state index contributed by atoms with van der Waals surface area (Å²) in [5, 5.41) is 0.568. The second-order valence-electron chi connectivity index (χ2n) is 7.00. The number of carbonyl (C=O) groups excluding carboxylic acids is 2. The van der Waals surface area contributed by atoms with E-state index in [4.69, 9.17) is 21.1 Å². The predicted octanol–water partition coefficient (Wildman–Crippen LogP) is 4.78. The summed E-state index contributed by atoms with van der Waals surface area (Å²) in [4.78, 5) is 29.2. The Kier molecular flexibility index (Phi) is 8.21. The highest BCUT2D eigenvalue weighted by Crippen LogP contribution is 2.28. The van der Waals surface area contributed by atoms with Crippen LogP contribution in [0.1, 0.15) is 33.4 Å². The Labute approximate surface area is 175 Å². The van der Waals surface area contributed by atoms with Crippen LogP contribution in [0.25, 0.3) is 0 Å². The molecule has 29 heavy (non-hydrogen) atoms. The van der Waals surface area contributed by atoms with E-state index in [1.54, 1.807) is 67.2 Å². The molecule has 0 bridgehead atoms. The topological polar surface area (TPSA) is 70.4 Å².